The van der Waals surface area contributed by atoms with Crippen LogP contribution in [0.3, 0.4) is 0 Å². The van der Waals surface area contributed by atoms with E-state index in [1.807, 2.05) is 49.4 Å². The van der Waals surface area contributed by atoms with Crippen LogP contribution in [0.25, 0.3) is 0 Å². The van der Waals surface area contributed by atoms with Gasteiger partial charge in [-0.1, -0.05) is 55.8 Å². The van der Waals surface area contributed by atoms with Crippen molar-refractivity contribution < 1.29 is 4.79 Å². The largest absolute Gasteiger partial charge is 0.331 e. The fraction of sp³-hybridized carbons (Fsp3) is 0.316. The minimum absolute atomic E-state index is 0.0231. The number of urea groups is 1. The number of carbonyl (C=O) groups is 1. The highest BCUT2D eigenvalue weighted by Crippen LogP contribution is 2.14. The highest BCUT2D eigenvalue weighted by atomic mass is 16.2. The highest BCUT2D eigenvalue weighted by Gasteiger charge is 2.08. The van der Waals surface area contributed by atoms with Crippen LogP contribution in [0.15, 0.2) is 54.6 Å². The fourth-order valence-corrected chi connectivity index (χ4v) is 2.32. The fourth-order valence-electron chi connectivity index (χ4n) is 2.32. The molecule has 1 atom stereocenters. The van der Waals surface area contributed by atoms with E-state index < -0.39 is 0 Å². The maximum atomic E-state index is 12.0. The topological polar surface area (TPSA) is 41.1 Å². The van der Waals surface area contributed by atoms with Gasteiger partial charge in [0.15, 0.2) is 0 Å². The molecule has 0 radical (unpaired) electrons. The summed E-state index contributed by atoms with van der Waals surface area (Å²) in [6, 6.07) is 17.8. The predicted octanol–water partition coefficient (Wildman–Crippen LogP) is 4.91. The number of anilines is 1. The summed E-state index contributed by atoms with van der Waals surface area (Å²) in [5.41, 5.74) is 3.22. The third kappa shape index (κ3) is 4.92. The van der Waals surface area contributed by atoms with E-state index in [-0.39, 0.29) is 12.1 Å². The van der Waals surface area contributed by atoms with Crippen LogP contribution in [0.5, 0.6) is 0 Å². The van der Waals surface area contributed by atoms with Gasteiger partial charge in [-0.3, -0.25) is 0 Å². The Kier molecular flexibility index (Phi) is 6.01. The molecule has 3 nitrogen and oxygen atoms in total. The summed E-state index contributed by atoms with van der Waals surface area (Å²) in [5, 5.41) is 5.82. The van der Waals surface area contributed by atoms with E-state index in [0.29, 0.717) is 0 Å². The van der Waals surface area contributed by atoms with E-state index in [1.165, 1.54) is 18.4 Å². The molecule has 0 aliphatic rings. The van der Waals surface area contributed by atoms with Gasteiger partial charge in [-0.15, -0.1) is 0 Å². The summed E-state index contributed by atoms with van der Waals surface area (Å²) in [5.74, 6) is 0. The maximum absolute atomic E-state index is 12.0. The average Bonchev–Trinajstić information content (AvgIpc) is 2.55. The van der Waals surface area contributed by atoms with Gasteiger partial charge < -0.3 is 10.6 Å². The van der Waals surface area contributed by atoms with E-state index in [1.54, 1.807) is 0 Å². The lowest BCUT2D eigenvalue weighted by atomic mass is 10.1. The molecule has 2 N–H and O–H groups in total. The van der Waals surface area contributed by atoms with E-state index in [4.69, 9.17) is 0 Å². The number of rotatable bonds is 6. The SMILES string of the molecule is CCCCc1ccc(NC(=O)N[C@@H](C)c2ccccc2)cc1. The van der Waals surface area contributed by atoms with E-state index in [2.05, 4.69) is 29.7 Å². The minimum atomic E-state index is -0.183. The number of amides is 2. The Bertz CT molecular complexity index is 578. The minimum Gasteiger partial charge on any atom is -0.331 e. The lowest BCUT2D eigenvalue weighted by molar-refractivity contribution is 0.249. The van der Waals surface area contributed by atoms with Gasteiger partial charge in [-0.05, 0) is 43.0 Å². The molecule has 0 heterocycles. The van der Waals surface area contributed by atoms with E-state index in [0.717, 1.165) is 17.7 Å². The summed E-state index contributed by atoms with van der Waals surface area (Å²) >= 11 is 0. The second-order valence-electron chi connectivity index (χ2n) is 5.53. The van der Waals surface area contributed by atoms with Gasteiger partial charge >= 0.3 is 6.03 Å². The quantitative estimate of drug-likeness (QED) is 0.781. The van der Waals surface area contributed by atoms with Crippen LogP contribution >= 0.6 is 0 Å². The number of carbonyl (C=O) groups excluding carboxylic acids is 1. The van der Waals surface area contributed by atoms with Crippen molar-refractivity contribution in [1.82, 2.24) is 5.32 Å². The first-order valence-electron chi connectivity index (χ1n) is 7.90. The summed E-state index contributed by atoms with van der Waals surface area (Å²) in [6.45, 7) is 4.16. The van der Waals surface area contributed by atoms with Gasteiger partial charge in [0.25, 0.3) is 0 Å². The number of hydrogen-bond donors (Lipinski definition) is 2. The molecule has 0 spiro atoms. The molecule has 0 bridgehead atoms. The molecule has 2 aromatic rings. The Hall–Kier alpha value is -2.29. The molecule has 0 fully saturated rings. The van der Waals surface area contributed by atoms with Gasteiger partial charge in [-0.25, -0.2) is 4.79 Å². The van der Waals surface area contributed by atoms with Crippen LogP contribution in [-0.4, -0.2) is 6.03 Å². The molecule has 2 rings (SSSR count). The van der Waals surface area contributed by atoms with Crippen LogP contribution < -0.4 is 10.6 Å². The van der Waals surface area contributed by atoms with Crippen LogP contribution in [0.4, 0.5) is 10.5 Å². The summed E-state index contributed by atoms with van der Waals surface area (Å²) < 4.78 is 0. The van der Waals surface area contributed by atoms with Crippen LogP contribution in [0, 0.1) is 0 Å². The third-order valence-corrected chi connectivity index (χ3v) is 3.68. The Morgan fingerprint density at radius 1 is 1.05 bits per heavy atom. The summed E-state index contributed by atoms with van der Waals surface area (Å²) in [4.78, 5) is 12.0. The van der Waals surface area contributed by atoms with Crippen molar-refractivity contribution in [3.05, 3.63) is 65.7 Å². The maximum Gasteiger partial charge on any atom is 0.319 e. The van der Waals surface area contributed by atoms with Gasteiger partial charge in [0.1, 0.15) is 0 Å². The predicted molar refractivity (Wildman–Crippen MR) is 92.1 cm³/mol. The monoisotopic (exact) mass is 296 g/mol. The smallest absolute Gasteiger partial charge is 0.319 e. The molecule has 2 aromatic carbocycles. The normalized spacial score (nSPS) is 11.7. The number of aryl methyl sites for hydroxylation is 1. The molecule has 22 heavy (non-hydrogen) atoms. The van der Waals surface area contributed by atoms with Crippen molar-refractivity contribution in [3.8, 4) is 0 Å². The zero-order chi connectivity index (χ0) is 15.8. The van der Waals surface area contributed by atoms with Crippen molar-refractivity contribution >= 4 is 11.7 Å². The van der Waals surface area contributed by atoms with Crippen molar-refractivity contribution in [1.29, 1.82) is 0 Å². The van der Waals surface area contributed by atoms with Gasteiger partial charge in [0.05, 0.1) is 6.04 Å². The molecule has 0 aliphatic carbocycles. The molecule has 0 aromatic heterocycles. The standard InChI is InChI=1S/C19H24N2O/c1-3-4-8-16-11-13-18(14-12-16)21-19(22)20-15(2)17-9-6-5-7-10-17/h5-7,9-15H,3-4,8H2,1-2H3,(H2,20,21,22)/t15-/m0/s1. The highest BCUT2D eigenvalue weighted by molar-refractivity contribution is 5.89. The third-order valence-electron chi connectivity index (χ3n) is 3.68. The number of nitrogens with one attached hydrogen (secondary N) is 2. The van der Waals surface area contributed by atoms with Crippen molar-refractivity contribution in [3.63, 3.8) is 0 Å². The van der Waals surface area contributed by atoms with Crippen molar-refractivity contribution in [2.45, 2.75) is 39.2 Å². The van der Waals surface area contributed by atoms with Gasteiger partial charge in [0.2, 0.25) is 0 Å². The molecule has 116 valence electrons. The summed E-state index contributed by atoms with van der Waals surface area (Å²) in [7, 11) is 0. The molecule has 3 heteroatoms. The zero-order valence-corrected chi connectivity index (χ0v) is 13.3. The van der Waals surface area contributed by atoms with E-state index >= 15 is 0 Å². The Balaban J connectivity index is 1.86. The Morgan fingerprint density at radius 2 is 1.73 bits per heavy atom. The second kappa shape index (κ2) is 8.23. The van der Waals surface area contributed by atoms with Crippen molar-refractivity contribution in [2.24, 2.45) is 0 Å². The number of hydrogen-bond acceptors (Lipinski definition) is 1. The molecular formula is C19H24N2O. The Labute approximate surface area is 132 Å². The first kappa shape index (κ1) is 16.1. The Morgan fingerprint density at radius 3 is 2.36 bits per heavy atom. The van der Waals surface area contributed by atoms with Crippen LogP contribution in [0.1, 0.15) is 43.9 Å². The lowest BCUT2D eigenvalue weighted by Crippen LogP contribution is -2.31. The molecule has 0 saturated heterocycles. The second-order valence-corrected chi connectivity index (χ2v) is 5.53. The van der Waals surface area contributed by atoms with Gasteiger partial charge in [-0.2, -0.15) is 0 Å². The molecular weight excluding hydrogens is 272 g/mol. The first-order chi connectivity index (χ1) is 10.7. The van der Waals surface area contributed by atoms with Gasteiger partial charge in [0, 0.05) is 5.69 Å². The van der Waals surface area contributed by atoms with Crippen LogP contribution in [-0.2, 0) is 6.42 Å². The molecule has 0 saturated carbocycles. The van der Waals surface area contributed by atoms with Crippen molar-refractivity contribution in [2.75, 3.05) is 5.32 Å². The molecule has 0 aliphatic heterocycles. The zero-order valence-electron chi connectivity index (χ0n) is 13.3. The lowest BCUT2D eigenvalue weighted by Gasteiger charge is -2.15. The molecule has 0 unspecified atom stereocenters. The average molecular weight is 296 g/mol. The van der Waals surface area contributed by atoms with Crippen LogP contribution in [0.2, 0.25) is 0 Å². The summed E-state index contributed by atoms with van der Waals surface area (Å²) in [6.07, 6.45) is 3.48. The first-order valence-corrected chi connectivity index (χ1v) is 7.90. The molecule has 2 amide bonds. The number of unbranched alkanes of at least 4 members (excludes halogenated alkanes) is 1. The number of benzene rings is 2. The van der Waals surface area contributed by atoms with E-state index in [9.17, 15) is 4.79 Å².